The van der Waals surface area contributed by atoms with E-state index >= 15 is 0 Å². The molecule has 1 aliphatic rings. The van der Waals surface area contributed by atoms with E-state index in [1.807, 2.05) is 30.6 Å². The molecule has 6 heterocycles. The molecule has 0 unspecified atom stereocenters. The van der Waals surface area contributed by atoms with E-state index in [1.54, 1.807) is 18.7 Å². The van der Waals surface area contributed by atoms with E-state index in [2.05, 4.69) is 54.7 Å². The zero-order chi connectivity index (χ0) is 23.9. The van der Waals surface area contributed by atoms with Gasteiger partial charge in [0.15, 0.2) is 5.65 Å². The Morgan fingerprint density at radius 3 is 2.72 bits per heavy atom. The van der Waals surface area contributed by atoms with Gasteiger partial charge in [0, 0.05) is 45.4 Å². The standard InChI is InChI=1S/C28H24N6O2/c1-2-22(17-6-9-35-16-17)23-12-26(32-25(23)3-1)27-24-11-19(14-31-28(24)34-33-27)18-10-21(15-30-13-18)36-20-4-7-29-8-5-20/h1-3,6,9-16,20,29,32H,4-5,7-8H2,(H,31,33,34). The van der Waals surface area contributed by atoms with Crippen LogP contribution in [0.4, 0.5) is 0 Å². The Kier molecular flexibility index (Phi) is 5.03. The molecule has 5 aromatic heterocycles. The largest absolute Gasteiger partial charge is 0.489 e. The molecule has 7 rings (SSSR count). The van der Waals surface area contributed by atoms with E-state index in [0.717, 1.165) is 81.6 Å². The van der Waals surface area contributed by atoms with Gasteiger partial charge in [0.1, 0.15) is 11.9 Å². The third kappa shape index (κ3) is 3.72. The van der Waals surface area contributed by atoms with Crippen LogP contribution in [0.3, 0.4) is 0 Å². The average Bonchev–Trinajstić information content (AvgIpc) is 3.68. The molecule has 6 aromatic rings. The number of aromatic amines is 2. The molecule has 1 aromatic carbocycles. The first-order chi connectivity index (χ1) is 17.8. The van der Waals surface area contributed by atoms with Gasteiger partial charge in [0.25, 0.3) is 0 Å². The predicted octanol–water partition coefficient (Wildman–Crippen LogP) is 5.56. The van der Waals surface area contributed by atoms with Gasteiger partial charge in [-0.25, -0.2) is 4.98 Å². The van der Waals surface area contributed by atoms with Gasteiger partial charge in [0.05, 0.1) is 30.1 Å². The van der Waals surface area contributed by atoms with Gasteiger partial charge in [-0.05, 0) is 61.8 Å². The topological polar surface area (TPSA) is 105 Å². The number of pyridine rings is 2. The molecule has 3 N–H and O–H groups in total. The van der Waals surface area contributed by atoms with Crippen molar-refractivity contribution in [1.29, 1.82) is 0 Å². The molecule has 0 amide bonds. The molecular weight excluding hydrogens is 452 g/mol. The van der Waals surface area contributed by atoms with Gasteiger partial charge in [-0.1, -0.05) is 12.1 Å². The van der Waals surface area contributed by atoms with Crippen LogP contribution in [0.15, 0.2) is 78.0 Å². The van der Waals surface area contributed by atoms with Gasteiger partial charge >= 0.3 is 0 Å². The maximum Gasteiger partial charge on any atom is 0.181 e. The summed E-state index contributed by atoms with van der Waals surface area (Å²) in [6, 6.07) is 14.5. The van der Waals surface area contributed by atoms with Crippen molar-refractivity contribution in [3.63, 3.8) is 0 Å². The highest BCUT2D eigenvalue weighted by molar-refractivity contribution is 6.01. The Bertz CT molecular complexity index is 1660. The van der Waals surface area contributed by atoms with Crippen molar-refractivity contribution in [3.8, 4) is 39.4 Å². The summed E-state index contributed by atoms with van der Waals surface area (Å²) >= 11 is 0. The molecular formula is C28H24N6O2. The first-order valence-electron chi connectivity index (χ1n) is 12.1. The van der Waals surface area contributed by atoms with Crippen LogP contribution >= 0.6 is 0 Å². The summed E-state index contributed by atoms with van der Waals surface area (Å²) in [5.74, 6) is 0.786. The second-order valence-corrected chi connectivity index (χ2v) is 9.13. The number of rotatable bonds is 5. The number of hydrogen-bond acceptors (Lipinski definition) is 6. The molecule has 0 aliphatic carbocycles. The molecule has 1 aliphatic heterocycles. The number of aromatic nitrogens is 5. The number of benzene rings is 1. The van der Waals surface area contributed by atoms with Gasteiger partial charge in [0.2, 0.25) is 0 Å². The molecule has 36 heavy (non-hydrogen) atoms. The molecule has 1 fully saturated rings. The third-order valence-corrected chi connectivity index (χ3v) is 6.81. The number of furan rings is 1. The zero-order valence-electron chi connectivity index (χ0n) is 19.5. The lowest BCUT2D eigenvalue weighted by Gasteiger charge is -2.23. The van der Waals surface area contributed by atoms with Crippen molar-refractivity contribution < 1.29 is 9.15 Å². The van der Waals surface area contributed by atoms with Crippen molar-refractivity contribution in [2.45, 2.75) is 18.9 Å². The van der Waals surface area contributed by atoms with Crippen LogP contribution in [0, 0.1) is 0 Å². The van der Waals surface area contributed by atoms with Crippen LogP contribution in [0.5, 0.6) is 5.75 Å². The van der Waals surface area contributed by atoms with Crippen LogP contribution in [0.1, 0.15) is 12.8 Å². The summed E-state index contributed by atoms with van der Waals surface area (Å²) in [7, 11) is 0. The summed E-state index contributed by atoms with van der Waals surface area (Å²) in [6.07, 6.45) is 11.1. The summed E-state index contributed by atoms with van der Waals surface area (Å²) in [5.41, 5.74) is 7.63. The van der Waals surface area contributed by atoms with Gasteiger partial charge < -0.3 is 19.5 Å². The lowest BCUT2D eigenvalue weighted by Crippen LogP contribution is -2.34. The van der Waals surface area contributed by atoms with E-state index in [1.165, 1.54) is 0 Å². The Balaban J connectivity index is 1.26. The van der Waals surface area contributed by atoms with E-state index in [4.69, 9.17) is 9.15 Å². The molecule has 1 saturated heterocycles. The number of hydrogen-bond donors (Lipinski definition) is 3. The number of H-pyrrole nitrogens is 2. The average molecular weight is 477 g/mol. The van der Waals surface area contributed by atoms with E-state index in [-0.39, 0.29) is 6.10 Å². The monoisotopic (exact) mass is 476 g/mol. The van der Waals surface area contributed by atoms with Crippen LogP contribution < -0.4 is 10.1 Å². The highest BCUT2D eigenvalue weighted by Crippen LogP contribution is 2.35. The molecule has 0 radical (unpaired) electrons. The van der Waals surface area contributed by atoms with Crippen molar-refractivity contribution in [1.82, 2.24) is 30.5 Å². The van der Waals surface area contributed by atoms with Crippen LogP contribution in [0.2, 0.25) is 0 Å². The van der Waals surface area contributed by atoms with Gasteiger partial charge in [-0.2, -0.15) is 5.10 Å². The third-order valence-electron chi connectivity index (χ3n) is 6.81. The lowest BCUT2D eigenvalue weighted by atomic mass is 10.0. The fourth-order valence-electron chi connectivity index (χ4n) is 4.97. The Morgan fingerprint density at radius 2 is 1.83 bits per heavy atom. The summed E-state index contributed by atoms with van der Waals surface area (Å²) in [4.78, 5) is 12.6. The maximum absolute atomic E-state index is 6.21. The normalized spacial score (nSPS) is 14.6. The predicted molar refractivity (Wildman–Crippen MR) is 139 cm³/mol. The second kappa shape index (κ2) is 8.66. The van der Waals surface area contributed by atoms with Crippen molar-refractivity contribution in [2.75, 3.05) is 13.1 Å². The Labute approximate surface area is 206 Å². The first-order valence-corrected chi connectivity index (χ1v) is 12.1. The van der Waals surface area contributed by atoms with Crippen LogP contribution in [-0.2, 0) is 0 Å². The Morgan fingerprint density at radius 1 is 0.917 bits per heavy atom. The maximum atomic E-state index is 6.21. The summed E-state index contributed by atoms with van der Waals surface area (Å²) in [6.45, 7) is 1.97. The number of nitrogens with zero attached hydrogens (tertiary/aromatic N) is 3. The number of piperidine rings is 1. The van der Waals surface area contributed by atoms with Gasteiger partial charge in [-0.3, -0.25) is 10.1 Å². The summed E-state index contributed by atoms with van der Waals surface area (Å²) in [5, 5.41) is 13.1. The molecule has 0 saturated carbocycles. The molecule has 0 atom stereocenters. The van der Waals surface area contributed by atoms with Crippen molar-refractivity contribution in [3.05, 3.63) is 73.6 Å². The molecule has 8 nitrogen and oxygen atoms in total. The first kappa shape index (κ1) is 20.9. The smallest absolute Gasteiger partial charge is 0.181 e. The molecule has 0 spiro atoms. The van der Waals surface area contributed by atoms with E-state index in [9.17, 15) is 0 Å². The summed E-state index contributed by atoms with van der Waals surface area (Å²) < 4.78 is 11.5. The fourth-order valence-corrected chi connectivity index (χ4v) is 4.97. The van der Waals surface area contributed by atoms with Crippen molar-refractivity contribution in [2.24, 2.45) is 0 Å². The number of fused-ring (bicyclic) bond motifs is 2. The highest BCUT2D eigenvalue weighted by atomic mass is 16.5. The van der Waals surface area contributed by atoms with Crippen LogP contribution in [0.25, 0.3) is 55.6 Å². The van der Waals surface area contributed by atoms with Gasteiger partial charge in [-0.15, -0.1) is 0 Å². The van der Waals surface area contributed by atoms with Crippen LogP contribution in [-0.4, -0.2) is 44.3 Å². The molecule has 178 valence electrons. The number of nitrogens with one attached hydrogen (secondary N) is 3. The second-order valence-electron chi connectivity index (χ2n) is 9.13. The minimum Gasteiger partial charge on any atom is -0.489 e. The molecule has 0 bridgehead atoms. The lowest BCUT2D eigenvalue weighted by molar-refractivity contribution is 0.162. The molecule has 8 heteroatoms. The minimum atomic E-state index is 0.221. The number of ether oxygens (including phenoxy) is 1. The van der Waals surface area contributed by atoms with E-state index < -0.39 is 0 Å². The quantitative estimate of drug-likeness (QED) is 0.301. The Hall–Kier alpha value is -4.43. The van der Waals surface area contributed by atoms with Crippen molar-refractivity contribution >= 4 is 21.9 Å². The van der Waals surface area contributed by atoms with E-state index in [0.29, 0.717) is 5.65 Å². The minimum absolute atomic E-state index is 0.221. The SMILES string of the molecule is c1cc(-c2ccoc2)c2cc(-c3[nH]nc4ncc(-c5cncc(OC6CCNCC6)c5)cc34)[nH]c2c1. The fraction of sp³-hybridized carbons (Fsp3) is 0.179. The zero-order valence-corrected chi connectivity index (χ0v) is 19.5. The highest BCUT2D eigenvalue weighted by Gasteiger charge is 2.17.